The molecule has 5 unspecified atom stereocenters. The van der Waals surface area contributed by atoms with Gasteiger partial charge in [0.15, 0.2) is 0 Å². The summed E-state index contributed by atoms with van der Waals surface area (Å²) in [7, 11) is 0. The van der Waals surface area contributed by atoms with Gasteiger partial charge in [-0.3, -0.25) is 24.0 Å². The first-order chi connectivity index (χ1) is 17.8. The Kier molecular flexibility index (Phi) is 10.3. The summed E-state index contributed by atoms with van der Waals surface area (Å²) in [6.07, 6.45) is -1.16. The first kappa shape index (κ1) is 29.7. The van der Waals surface area contributed by atoms with Crippen LogP contribution in [0.3, 0.4) is 0 Å². The Morgan fingerprint density at radius 2 is 1.39 bits per heavy atom. The second kappa shape index (κ2) is 13.2. The highest BCUT2D eigenvalue weighted by molar-refractivity contribution is 5.97. The molecular formula is C23H31N7O8. The van der Waals surface area contributed by atoms with Crippen molar-refractivity contribution in [1.82, 2.24) is 20.9 Å². The molecule has 0 aliphatic carbocycles. The van der Waals surface area contributed by atoms with Crippen LogP contribution in [0.15, 0.2) is 30.5 Å². The van der Waals surface area contributed by atoms with Crippen molar-refractivity contribution in [2.45, 2.75) is 56.5 Å². The van der Waals surface area contributed by atoms with E-state index < -0.39 is 78.6 Å². The van der Waals surface area contributed by atoms with Crippen molar-refractivity contribution in [3.05, 3.63) is 36.0 Å². The molecule has 38 heavy (non-hydrogen) atoms. The van der Waals surface area contributed by atoms with Crippen LogP contribution in [0.5, 0.6) is 0 Å². The summed E-state index contributed by atoms with van der Waals surface area (Å²) in [6, 6.07) is 1.07. The van der Waals surface area contributed by atoms with Gasteiger partial charge in [-0.05, 0) is 18.6 Å². The molecule has 15 heteroatoms. The minimum absolute atomic E-state index is 0.0849. The van der Waals surface area contributed by atoms with E-state index in [1.165, 1.54) is 6.92 Å². The molecule has 0 fully saturated rings. The van der Waals surface area contributed by atoms with Crippen LogP contribution in [0.1, 0.15) is 25.3 Å². The van der Waals surface area contributed by atoms with Gasteiger partial charge in [-0.15, -0.1) is 0 Å². The number of carbonyl (C=O) groups excluding carboxylic acids is 5. The number of nitrogens with two attached hydrogens (primary N) is 3. The lowest BCUT2D eigenvalue weighted by Crippen LogP contribution is -2.59. The molecule has 15 nitrogen and oxygen atoms in total. The van der Waals surface area contributed by atoms with E-state index in [0.717, 1.165) is 10.9 Å². The predicted octanol–water partition coefficient (Wildman–Crippen LogP) is -3.29. The van der Waals surface area contributed by atoms with Gasteiger partial charge in [0.25, 0.3) is 0 Å². The van der Waals surface area contributed by atoms with E-state index in [-0.39, 0.29) is 6.42 Å². The molecule has 0 bridgehead atoms. The number of hydrogen-bond acceptors (Lipinski definition) is 8. The van der Waals surface area contributed by atoms with Gasteiger partial charge in [0, 0.05) is 23.5 Å². The van der Waals surface area contributed by atoms with Gasteiger partial charge in [0.1, 0.15) is 24.2 Å². The Balaban J connectivity index is 2.32. The fraction of sp³-hybridized carbons (Fsp3) is 0.391. The van der Waals surface area contributed by atoms with Gasteiger partial charge >= 0.3 is 5.97 Å². The van der Waals surface area contributed by atoms with Gasteiger partial charge in [-0.25, -0.2) is 4.79 Å². The number of hydrogen-bond donors (Lipinski definition) is 9. The number of nitrogens with one attached hydrogen (secondary N) is 4. The molecule has 0 spiro atoms. The summed E-state index contributed by atoms with van der Waals surface area (Å²) in [6.45, 7) is 1.29. The molecule has 0 aliphatic heterocycles. The molecule has 1 aromatic carbocycles. The van der Waals surface area contributed by atoms with E-state index in [4.69, 9.17) is 17.2 Å². The number of fused-ring (bicyclic) bond motifs is 1. The second-order valence-corrected chi connectivity index (χ2v) is 8.69. The Hall–Kier alpha value is -4.50. The molecular weight excluding hydrogens is 502 g/mol. The van der Waals surface area contributed by atoms with Gasteiger partial charge in [0.2, 0.25) is 29.5 Å². The molecule has 0 saturated carbocycles. The molecule has 5 amide bonds. The molecule has 0 radical (unpaired) electrons. The van der Waals surface area contributed by atoms with Crippen LogP contribution < -0.4 is 33.2 Å². The monoisotopic (exact) mass is 533 g/mol. The van der Waals surface area contributed by atoms with Crippen molar-refractivity contribution >= 4 is 46.4 Å². The van der Waals surface area contributed by atoms with Crippen LogP contribution >= 0.6 is 0 Å². The minimum Gasteiger partial charge on any atom is -0.480 e. The summed E-state index contributed by atoms with van der Waals surface area (Å²) in [5.41, 5.74) is 17.3. The Bertz CT molecular complexity index is 1210. The number of carboxylic acid groups (broad SMARTS) is 1. The number of H-pyrrole nitrogens is 1. The van der Waals surface area contributed by atoms with Crippen molar-refractivity contribution in [1.29, 1.82) is 0 Å². The molecule has 2 rings (SSSR count). The lowest BCUT2D eigenvalue weighted by atomic mass is 10.0. The number of primary amides is 2. The van der Waals surface area contributed by atoms with Crippen molar-refractivity contribution in [3.63, 3.8) is 0 Å². The van der Waals surface area contributed by atoms with Crippen LogP contribution in [0, 0.1) is 0 Å². The number of rotatable bonds is 14. The average Bonchev–Trinajstić information content (AvgIpc) is 3.24. The second-order valence-electron chi connectivity index (χ2n) is 8.69. The van der Waals surface area contributed by atoms with E-state index in [1.807, 2.05) is 5.32 Å². The first-order valence-corrected chi connectivity index (χ1v) is 11.5. The van der Waals surface area contributed by atoms with Crippen LogP contribution in [0.4, 0.5) is 0 Å². The first-order valence-electron chi connectivity index (χ1n) is 11.5. The van der Waals surface area contributed by atoms with E-state index in [9.17, 15) is 39.0 Å². The van der Waals surface area contributed by atoms with Gasteiger partial charge in [-0.1, -0.05) is 18.2 Å². The standard InChI is InChI=1S/C23H31N7O8/c1-10(31)19(26)22(36)29-14(6-11-9-27-13-5-3-2-4-12(11)13)20(34)28-15(7-17(24)32)21(35)30-16(23(37)38)8-18(25)33/h2-5,9-10,14-16,19,27,31H,6-8,26H2,1H3,(H2,24,32)(H2,25,33)(H,28,34)(H,29,36)(H,30,35)(H,37,38). The quantitative estimate of drug-likeness (QED) is 0.117. The van der Waals surface area contributed by atoms with Gasteiger partial charge in [-0.2, -0.15) is 0 Å². The maximum atomic E-state index is 13.3. The minimum atomic E-state index is -1.72. The normalized spacial score (nSPS) is 14.9. The Morgan fingerprint density at radius 3 is 1.97 bits per heavy atom. The summed E-state index contributed by atoms with van der Waals surface area (Å²) in [5.74, 6) is -6.49. The molecule has 5 atom stereocenters. The number of amides is 5. The van der Waals surface area contributed by atoms with Crippen molar-refractivity contribution in [3.8, 4) is 0 Å². The number of aliphatic hydroxyl groups excluding tert-OH is 1. The molecule has 0 aliphatic rings. The summed E-state index contributed by atoms with van der Waals surface area (Å²) in [4.78, 5) is 75.7. The fourth-order valence-electron chi connectivity index (χ4n) is 3.57. The van der Waals surface area contributed by atoms with Crippen molar-refractivity contribution in [2.24, 2.45) is 17.2 Å². The smallest absolute Gasteiger partial charge is 0.326 e. The zero-order chi connectivity index (χ0) is 28.6. The SMILES string of the molecule is CC(O)C(N)C(=O)NC(Cc1c[nH]c2ccccc12)C(=O)NC(CC(N)=O)C(=O)NC(CC(N)=O)C(=O)O. The van der Waals surface area contributed by atoms with Gasteiger partial charge < -0.3 is 48.3 Å². The largest absolute Gasteiger partial charge is 0.480 e. The number of para-hydroxylation sites is 1. The Labute approximate surface area is 216 Å². The predicted molar refractivity (Wildman–Crippen MR) is 133 cm³/mol. The van der Waals surface area contributed by atoms with E-state index >= 15 is 0 Å². The zero-order valence-corrected chi connectivity index (χ0v) is 20.5. The van der Waals surface area contributed by atoms with Crippen LogP contribution in [-0.2, 0) is 35.2 Å². The fourth-order valence-corrected chi connectivity index (χ4v) is 3.57. The third kappa shape index (κ3) is 8.28. The number of aromatic nitrogens is 1. The molecule has 206 valence electrons. The number of aliphatic carboxylic acids is 1. The van der Waals surface area contributed by atoms with Gasteiger partial charge in [0.05, 0.1) is 18.9 Å². The molecule has 1 aromatic heterocycles. The van der Waals surface area contributed by atoms with Crippen molar-refractivity contribution < 1.29 is 39.0 Å². The lowest BCUT2D eigenvalue weighted by Gasteiger charge is -2.25. The number of carbonyl (C=O) groups is 6. The van der Waals surface area contributed by atoms with Crippen molar-refractivity contribution in [2.75, 3.05) is 0 Å². The van der Waals surface area contributed by atoms with E-state index in [0.29, 0.717) is 5.56 Å². The number of benzene rings is 1. The van der Waals surface area contributed by atoms with E-state index in [2.05, 4.69) is 15.6 Å². The highest BCUT2D eigenvalue weighted by Crippen LogP contribution is 2.19. The lowest BCUT2D eigenvalue weighted by molar-refractivity contribution is -0.144. The highest BCUT2D eigenvalue weighted by atomic mass is 16.4. The van der Waals surface area contributed by atoms with Crippen LogP contribution in [0.25, 0.3) is 10.9 Å². The van der Waals surface area contributed by atoms with E-state index in [1.54, 1.807) is 30.5 Å². The molecule has 1 heterocycles. The maximum absolute atomic E-state index is 13.3. The highest BCUT2D eigenvalue weighted by Gasteiger charge is 2.32. The molecule has 0 saturated heterocycles. The third-order valence-corrected chi connectivity index (χ3v) is 5.61. The average molecular weight is 534 g/mol. The number of aliphatic hydroxyl groups is 1. The third-order valence-electron chi connectivity index (χ3n) is 5.61. The number of aromatic amines is 1. The number of carboxylic acids is 1. The molecule has 12 N–H and O–H groups in total. The summed E-state index contributed by atoms with van der Waals surface area (Å²) < 4.78 is 0. The topological polar surface area (TPSA) is 273 Å². The van der Waals surface area contributed by atoms with Crippen LogP contribution in [-0.4, -0.2) is 81.0 Å². The Morgan fingerprint density at radius 1 is 0.868 bits per heavy atom. The molecule has 2 aromatic rings. The maximum Gasteiger partial charge on any atom is 0.326 e. The van der Waals surface area contributed by atoms with Crippen LogP contribution in [0.2, 0.25) is 0 Å². The summed E-state index contributed by atoms with van der Waals surface area (Å²) >= 11 is 0. The summed E-state index contributed by atoms with van der Waals surface area (Å²) in [5, 5.41) is 26.4. The zero-order valence-electron chi connectivity index (χ0n) is 20.5.